The van der Waals surface area contributed by atoms with E-state index >= 15 is 0 Å². The maximum atomic E-state index is 13.2. The van der Waals surface area contributed by atoms with Gasteiger partial charge in [-0.25, -0.2) is 0 Å². The third kappa shape index (κ3) is 4.06. The lowest BCUT2D eigenvalue weighted by Crippen LogP contribution is -2.07. The second-order valence-electron chi connectivity index (χ2n) is 6.76. The van der Waals surface area contributed by atoms with Crippen LogP contribution in [0, 0.1) is 0 Å². The summed E-state index contributed by atoms with van der Waals surface area (Å²) in [5.74, 6) is -0.257. The molecule has 0 heterocycles. The van der Waals surface area contributed by atoms with Crippen LogP contribution in [0.25, 0.3) is 11.1 Å². The van der Waals surface area contributed by atoms with Crippen LogP contribution < -0.4 is 0 Å². The van der Waals surface area contributed by atoms with Crippen LogP contribution in [0.1, 0.15) is 31.8 Å². The Morgan fingerprint density at radius 1 is 0.467 bits per heavy atom. The van der Waals surface area contributed by atoms with Crippen LogP contribution in [0.4, 0.5) is 0 Å². The largest absolute Gasteiger partial charge is 0.289 e. The van der Waals surface area contributed by atoms with Crippen molar-refractivity contribution in [1.29, 1.82) is 0 Å². The van der Waals surface area contributed by atoms with Crippen molar-refractivity contribution in [3.63, 3.8) is 0 Å². The van der Waals surface area contributed by atoms with E-state index in [2.05, 4.69) is 0 Å². The number of rotatable bonds is 5. The predicted octanol–water partition coefficient (Wildman–Crippen LogP) is 7.12. The molecule has 4 aromatic carbocycles. The molecule has 2 nitrogen and oxygen atoms in total. The number of hydrogen-bond donors (Lipinski definition) is 0. The van der Waals surface area contributed by atoms with Crippen LogP contribution in [0.3, 0.4) is 0 Å². The van der Waals surface area contributed by atoms with Crippen molar-refractivity contribution in [2.75, 3.05) is 0 Å². The van der Waals surface area contributed by atoms with Gasteiger partial charge >= 0.3 is 0 Å². The molecule has 0 fully saturated rings. The molecule has 0 unspecified atom stereocenters. The van der Waals surface area contributed by atoms with Crippen LogP contribution in [0.2, 0.25) is 10.0 Å². The zero-order chi connectivity index (χ0) is 21.1. The van der Waals surface area contributed by atoms with E-state index in [0.29, 0.717) is 43.4 Å². The highest BCUT2D eigenvalue weighted by Crippen LogP contribution is 2.30. The van der Waals surface area contributed by atoms with Gasteiger partial charge in [0.1, 0.15) is 0 Å². The Morgan fingerprint density at radius 2 is 0.800 bits per heavy atom. The van der Waals surface area contributed by atoms with E-state index in [1.807, 2.05) is 36.4 Å². The second-order valence-corrected chi connectivity index (χ2v) is 7.64. The molecule has 146 valence electrons. The molecule has 0 aromatic heterocycles. The first-order chi connectivity index (χ1) is 14.5. The normalized spacial score (nSPS) is 10.6. The number of carbonyl (C=O) groups excluding carboxylic acids is 2. The molecule has 0 bridgehead atoms. The molecule has 0 aliphatic heterocycles. The molecule has 4 rings (SSSR count). The van der Waals surface area contributed by atoms with Crippen molar-refractivity contribution >= 4 is 34.8 Å². The van der Waals surface area contributed by atoms with Gasteiger partial charge in [0.15, 0.2) is 11.6 Å². The second kappa shape index (κ2) is 8.66. The average Bonchev–Trinajstić information content (AvgIpc) is 2.79. The summed E-state index contributed by atoms with van der Waals surface area (Å²) in [6.07, 6.45) is 0. The lowest BCUT2D eigenvalue weighted by molar-refractivity contribution is 0.103. The molecule has 0 N–H and O–H groups in total. The summed E-state index contributed by atoms with van der Waals surface area (Å²) in [6, 6.07) is 28.2. The van der Waals surface area contributed by atoms with Gasteiger partial charge in [0.05, 0.1) is 0 Å². The van der Waals surface area contributed by atoms with Crippen LogP contribution in [0.5, 0.6) is 0 Å². The van der Waals surface area contributed by atoms with Crippen molar-refractivity contribution in [1.82, 2.24) is 0 Å². The first-order valence-electron chi connectivity index (χ1n) is 9.33. The lowest BCUT2D eigenvalue weighted by Gasteiger charge is -2.13. The molecule has 0 radical (unpaired) electrons. The monoisotopic (exact) mass is 430 g/mol. The van der Waals surface area contributed by atoms with E-state index < -0.39 is 0 Å². The van der Waals surface area contributed by atoms with Gasteiger partial charge in [0.25, 0.3) is 0 Å². The van der Waals surface area contributed by atoms with Crippen molar-refractivity contribution < 1.29 is 9.59 Å². The van der Waals surface area contributed by atoms with Crippen molar-refractivity contribution in [3.8, 4) is 11.1 Å². The van der Waals surface area contributed by atoms with Gasteiger partial charge in [-0.2, -0.15) is 0 Å². The van der Waals surface area contributed by atoms with Gasteiger partial charge in [-0.1, -0.05) is 71.7 Å². The minimum atomic E-state index is -0.129. The third-order valence-corrected chi connectivity index (χ3v) is 5.35. The van der Waals surface area contributed by atoms with Crippen LogP contribution in [0.15, 0.2) is 97.1 Å². The highest BCUT2D eigenvalue weighted by molar-refractivity contribution is 6.31. The van der Waals surface area contributed by atoms with Gasteiger partial charge in [-0.3, -0.25) is 9.59 Å². The summed E-state index contributed by atoms with van der Waals surface area (Å²) in [5, 5.41) is 1.14. The third-order valence-electron chi connectivity index (χ3n) is 4.85. The fourth-order valence-electron chi connectivity index (χ4n) is 3.35. The first-order valence-corrected chi connectivity index (χ1v) is 10.1. The lowest BCUT2D eigenvalue weighted by atomic mass is 9.89. The minimum Gasteiger partial charge on any atom is -0.289 e. The molecule has 4 heteroatoms. The van der Waals surface area contributed by atoms with E-state index in [4.69, 9.17) is 23.2 Å². The number of hydrogen-bond acceptors (Lipinski definition) is 2. The van der Waals surface area contributed by atoms with Crippen molar-refractivity contribution in [2.45, 2.75) is 0 Å². The van der Waals surface area contributed by atoms with E-state index in [1.54, 1.807) is 60.7 Å². The summed E-state index contributed by atoms with van der Waals surface area (Å²) in [4.78, 5) is 26.4. The molecule has 30 heavy (non-hydrogen) atoms. The molecule has 4 aromatic rings. The molecular formula is C26H16Cl2O2. The fraction of sp³-hybridized carbons (Fsp3) is 0. The fourth-order valence-corrected chi connectivity index (χ4v) is 3.60. The number of ketones is 2. The maximum absolute atomic E-state index is 13.2. The smallest absolute Gasteiger partial charge is 0.193 e. The van der Waals surface area contributed by atoms with Crippen LogP contribution in [-0.4, -0.2) is 11.6 Å². The average molecular weight is 431 g/mol. The molecule has 0 aliphatic rings. The Morgan fingerprint density at radius 3 is 1.17 bits per heavy atom. The standard InChI is InChI=1S/C26H16Cl2O2/c27-19-13-9-17(10-14-19)25(29)23-7-3-1-5-21(23)22-6-2-4-8-24(22)26(30)18-11-15-20(28)16-12-18/h1-16H. The van der Waals surface area contributed by atoms with E-state index in [0.717, 1.165) is 0 Å². The predicted molar refractivity (Wildman–Crippen MR) is 122 cm³/mol. The molecule has 0 atom stereocenters. The minimum absolute atomic E-state index is 0.129. The van der Waals surface area contributed by atoms with Gasteiger partial charge in [-0.05, 0) is 59.7 Å². The summed E-state index contributed by atoms with van der Waals surface area (Å²) in [5.41, 5.74) is 3.53. The number of halogens is 2. The SMILES string of the molecule is O=C(c1ccc(Cl)cc1)c1ccccc1-c1ccccc1C(=O)c1ccc(Cl)cc1. The molecule has 0 spiro atoms. The van der Waals surface area contributed by atoms with E-state index in [-0.39, 0.29) is 11.6 Å². The summed E-state index contributed by atoms with van der Waals surface area (Å²) in [6.45, 7) is 0. The Balaban J connectivity index is 1.81. The summed E-state index contributed by atoms with van der Waals surface area (Å²) in [7, 11) is 0. The zero-order valence-corrected chi connectivity index (χ0v) is 17.3. The molecule has 0 amide bonds. The first kappa shape index (κ1) is 20.1. The Kier molecular flexibility index (Phi) is 5.80. The highest BCUT2D eigenvalue weighted by atomic mass is 35.5. The molecule has 0 aliphatic carbocycles. The Bertz CT molecular complexity index is 1130. The van der Waals surface area contributed by atoms with Crippen LogP contribution >= 0.6 is 23.2 Å². The van der Waals surface area contributed by atoms with Gasteiger partial charge < -0.3 is 0 Å². The van der Waals surface area contributed by atoms with Crippen molar-refractivity contribution in [3.05, 3.63) is 129 Å². The molecule has 0 saturated heterocycles. The number of benzene rings is 4. The molecular weight excluding hydrogens is 415 g/mol. The topological polar surface area (TPSA) is 34.1 Å². The van der Waals surface area contributed by atoms with Gasteiger partial charge in [0, 0.05) is 32.3 Å². The van der Waals surface area contributed by atoms with E-state index in [9.17, 15) is 9.59 Å². The Hall–Kier alpha value is -3.20. The summed E-state index contributed by atoms with van der Waals surface area (Å²) >= 11 is 11.9. The number of carbonyl (C=O) groups is 2. The van der Waals surface area contributed by atoms with E-state index in [1.165, 1.54) is 0 Å². The van der Waals surface area contributed by atoms with Crippen molar-refractivity contribution in [2.24, 2.45) is 0 Å². The quantitative estimate of drug-likeness (QED) is 0.315. The highest BCUT2D eigenvalue weighted by Gasteiger charge is 2.19. The maximum Gasteiger partial charge on any atom is 0.193 e. The van der Waals surface area contributed by atoms with Crippen LogP contribution in [-0.2, 0) is 0 Å². The molecule has 0 saturated carbocycles. The summed E-state index contributed by atoms with van der Waals surface area (Å²) < 4.78 is 0. The Labute approximate surface area is 184 Å². The zero-order valence-electron chi connectivity index (χ0n) is 15.8. The van der Waals surface area contributed by atoms with Gasteiger partial charge in [0.2, 0.25) is 0 Å². The van der Waals surface area contributed by atoms with Gasteiger partial charge in [-0.15, -0.1) is 0 Å².